The number of rotatable bonds is 3. The fourth-order valence-corrected chi connectivity index (χ4v) is 3.88. The third kappa shape index (κ3) is 3.54. The largest absolute Gasteiger partial charge is 0.322 e. The van der Waals surface area contributed by atoms with Gasteiger partial charge in [-0.3, -0.25) is 4.79 Å². The maximum absolute atomic E-state index is 12.3. The number of aromatic nitrogens is 1. The maximum Gasteiger partial charge on any atom is 0.255 e. The molecule has 0 unspecified atom stereocenters. The third-order valence-corrected chi connectivity index (χ3v) is 5.65. The molecule has 1 heterocycles. The fraction of sp³-hybridized carbons (Fsp3) is 0.0476. The number of carbonyl (C=O) groups excluding carboxylic acids is 1. The summed E-state index contributed by atoms with van der Waals surface area (Å²) in [4.78, 5) is 17.0. The summed E-state index contributed by atoms with van der Waals surface area (Å²) in [5.41, 5.74) is 4.67. The molecule has 0 aliphatic heterocycles. The van der Waals surface area contributed by atoms with Crippen molar-refractivity contribution in [2.24, 2.45) is 0 Å². The molecule has 5 heteroatoms. The highest BCUT2D eigenvalue weighted by Gasteiger charge is 2.08. The molecule has 0 saturated carbocycles. The summed E-state index contributed by atoms with van der Waals surface area (Å²) < 4.78 is 2.13. The van der Waals surface area contributed by atoms with E-state index < -0.39 is 0 Å². The molecular formula is C21H15BrN2OS. The van der Waals surface area contributed by atoms with Gasteiger partial charge in [-0.2, -0.15) is 0 Å². The molecule has 128 valence electrons. The van der Waals surface area contributed by atoms with Crippen molar-refractivity contribution in [1.29, 1.82) is 0 Å². The van der Waals surface area contributed by atoms with Gasteiger partial charge in [-0.05, 0) is 73.2 Å². The van der Waals surface area contributed by atoms with Crippen LogP contribution in [0.4, 0.5) is 5.69 Å². The average molecular weight is 423 g/mol. The lowest BCUT2D eigenvalue weighted by Crippen LogP contribution is -2.11. The van der Waals surface area contributed by atoms with Gasteiger partial charge in [0.25, 0.3) is 5.91 Å². The predicted molar refractivity (Wildman–Crippen MR) is 112 cm³/mol. The molecule has 0 atom stereocenters. The molecule has 0 spiro atoms. The lowest BCUT2D eigenvalue weighted by Gasteiger charge is -2.06. The molecule has 0 radical (unpaired) electrons. The number of nitrogens with zero attached hydrogens (tertiary/aromatic N) is 1. The Bertz CT molecular complexity index is 1090. The van der Waals surface area contributed by atoms with Gasteiger partial charge in [-0.25, -0.2) is 4.98 Å². The number of fused-ring (bicyclic) bond motifs is 1. The molecule has 3 nitrogen and oxygen atoms in total. The van der Waals surface area contributed by atoms with E-state index in [0.717, 1.165) is 26.2 Å². The van der Waals surface area contributed by atoms with Crippen LogP contribution in [-0.2, 0) is 0 Å². The van der Waals surface area contributed by atoms with Gasteiger partial charge in [0, 0.05) is 21.3 Å². The second-order valence-corrected chi connectivity index (χ2v) is 7.97. The van der Waals surface area contributed by atoms with Gasteiger partial charge in [0.1, 0.15) is 5.01 Å². The van der Waals surface area contributed by atoms with Crippen LogP contribution in [0.15, 0.2) is 71.2 Å². The number of thiazole rings is 1. The maximum atomic E-state index is 12.3. The molecule has 3 aromatic carbocycles. The van der Waals surface area contributed by atoms with E-state index in [2.05, 4.69) is 46.4 Å². The van der Waals surface area contributed by atoms with Gasteiger partial charge in [-0.1, -0.05) is 22.0 Å². The average Bonchev–Trinajstić information content (AvgIpc) is 3.06. The van der Waals surface area contributed by atoms with Crippen molar-refractivity contribution in [2.45, 2.75) is 6.92 Å². The minimum absolute atomic E-state index is 0.124. The minimum Gasteiger partial charge on any atom is -0.322 e. The first kappa shape index (κ1) is 16.9. The Labute approximate surface area is 163 Å². The number of anilines is 1. The molecule has 0 bridgehead atoms. The molecular weight excluding hydrogens is 408 g/mol. The van der Waals surface area contributed by atoms with Crippen LogP contribution < -0.4 is 5.32 Å². The quantitative estimate of drug-likeness (QED) is 0.421. The van der Waals surface area contributed by atoms with Gasteiger partial charge >= 0.3 is 0 Å². The van der Waals surface area contributed by atoms with Crippen molar-refractivity contribution in [3.8, 4) is 10.6 Å². The summed E-state index contributed by atoms with van der Waals surface area (Å²) in [6.07, 6.45) is 0. The number of hydrogen-bond donors (Lipinski definition) is 1. The lowest BCUT2D eigenvalue weighted by atomic mass is 10.2. The van der Waals surface area contributed by atoms with Gasteiger partial charge in [-0.15, -0.1) is 11.3 Å². The number of carbonyl (C=O) groups is 1. The fourth-order valence-electron chi connectivity index (χ4n) is 2.66. The number of amides is 1. The highest BCUT2D eigenvalue weighted by Crippen LogP contribution is 2.31. The van der Waals surface area contributed by atoms with Crippen molar-refractivity contribution in [3.63, 3.8) is 0 Å². The molecule has 1 N–H and O–H groups in total. The third-order valence-electron chi connectivity index (χ3n) is 4.04. The molecule has 0 aliphatic carbocycles. The van der Waals surface area contributed by atoms with E-state index in [4.69, 9.17) is 4.98 Å². The number of hydrogen-bond acceptors (Lipinski definition) is 3. The molecule has 1 aromatic heterocycles. The number of aryl methyl sites for hydroxylation is 1. The summed E-state index contributed by atoms with van der Waals surface area (Å²) in [5.74, 6) is -0.124. The summed E-state index contributed by atoms with van der Waals surface area (Å²) in [7, 11) is 0. The van der Waals surface area contributed by atoms with Crippen molar-refractivity contribution in [2.75, 3.05) is 5.32 Å². The first-order valence-electron chi connectivity index (χ1n) is 8.13. The Balaban J connectivity index is 1.54. The zero-order valence-corrected chi connectivity index (χ0v) is 16.4. The van der Waals surface area contributed by atoms with Crippen LogP contribution in [0.25, 0.3) is 20.8 Å². The highest BCUT2D eigenvalue weighted by atomic mass is 79.9. The van der Waals surface area contributed by atoms with Crippen LogP contribution in [0, 0.1) is 6.92 Å². The van der Waals surface area contributed by atoms with Crippen LogP contribution in [0.3, 0.4) is 0 Å². The normalized spacial score (nSPS) is 10.8. The van der Waals surface area contributed by atoms with Gasteiger partial charge in [0.05, 0.1) is 10.2 Å². The van der Waals surface area contributed by atoms with Gasteiger partial charge < -0.3 is 5.32 Å². The molecule has 0 saturated heterocycles. The van der Waals surface area contributed by atoms with Gasteiger partial charge in [0.2, 0.25) is 0 Å². The lowest BCUT2D eigenvalue weighted by molar-refractivity contribution is 0.102. The SMILES string of the molecule is Cc1ccc2sc(-c3ccc(NC(=O)c4ccc(Br)cc4)cc3)nc2c1. The second kappa shape index (κ2) is 7.02. The molecule has 1 amide bonds. The Morgan fingerprint density at radius 3 is 2.46 bits per heavy atom. The van der Waals surface area contributed by atoms with Crippen LogP contribution in [0.5, 0.6) is 0 Å². The van der Waals surface area contributed by atoms with Crippen molar-refractivity contribution >= 4 is 49.1 Å². The highest BCUT2D eigenvalue weighted by molar-refractivity contribution is 9.10. The van der Waals surface area contributed by atoms with E-state index in [9.17, 15) is 4.79 Å². The van der Waals surface area contributed by atoms with Crippen LogP contribution in [0.1, 0.15) is 15.9 Å². The molecule has 0 aliphatic rings. The summed E-state index contributed by atoms with van der Waals surface area (Å²) >= 11 is 5.05. The standard InChI is InChI=1S/C21H15BrN2OS/c1-13-2-11-19-18(12-13)24-21(26-19)15-5-9-17(10-6-15)23-20(25)14-3-7-16(22)8-4-14/h2-12H,1H3,(H,23,25). The van der Waals surface area contributed by atoms with Crippen molar-refractivity contribution in [3.05, 3.63) is 82.3 Å². The van der Waals surface area contributed by atoms with Gasteiger partial charge in [0.15, 0.2) is 0 Å². The Kier molecular flexibility index (Phi) is 4.57. The summed E-state index contributed by atoms with van der Waals surface area (Å²) in [5, 5.41) is 3.90. The van der Waals surface area contributed by atoms with Crippen molar-refractivity contribution < 1.29 is 4.79 Å². The number of nitrogens with one attached hydrogen (secondary N) is 1. The van der Waals surface area contributed by atoms with E-state index in [0.29, 0.717) is 5.56 Å². The number of halogens is 1. The van der Waals surface area contributed by atoms with E-state index >= 15 is 0 Å². The summed E-state index contributed by atoms with van der Waals surface area (Å²) in [6.45, 7) is 2.07. The number of benzene rings is 3. The topological polar surface area (TPSA) is 42.0 Å². The molecule has 0 fully saturated rings. The van der Waals surface area contributed by atoms with E-state index in [1.165, 1.54) is 10.3 Å². The zero-order chi connectivity index (χ0) is 18.1. The first-order valence-corrected chi connectivity index (χ1v) is 9.74. The Morgan fingerprint density at radius 1 is 1.00 bits per heavy atom. The van der Waals surface area contributed by atoms with E-state index in [-0.39, 0.29) is 5.91 Å². The van der Waals surface area contributed by atoms with E-state index in [1.807, 2.05) is 36.4 Å². The second-order valence-electron chi connectivity index (χ2n) is 6.03. The molecule has 4 aromatic rings. The zero-order valence-electron chi connectivity index (χ0n) is 14.0. The first-order chi connectivity index (χ1) is 12.6. The monoisotopic (exact) mass is 422 g/mol. The minimum atomic E-state index is -0.124. The molecule has 26 heavy (non-hydrogen) atoms. The molecule has 4 rings (SSSR count). The Morgan fingerprint density at radius 2 is 1.73 bits per heavy atom. The predicted octanol–water partition coefficient (Wildman–Crippen LogP) is 6.29. The smallest absolute Gasteiger partial charge is 0.255 e. The van der Waals surface area contributed by atoms with Crippen LogP contribution >= 0.6 is 27.3 Å². The van der Waals surface area contributed by atoms with Crippen LogP contribution in [0.2, 0.25) is 0 Å². The van der Waals surface area contributed by atoms with Crippen molar-refractivity contribution in [1.82, 2.24) is 4.98 Å². The van der Waals surface area contributed by atoms with Crippen LogP contribution in [-0.4, -0.2) is 10.9 Å². The summed E-state index contributed by atoms with van der Waals surface area (Å²) in [6, 6.07) is 21.4. The van der Waals surface area contributed by atoms with E-state index in [1.54, 1.807) is 23.5 Å². The Hall–Kier alpha value is -2.50.